The van der Waals surface area contributed by atoms with Gasteiger partial charge < -0.3 is 5.32 Å². The van der Waals surface area contributed by atoms with E-state index in [1.54, 1.807) is 0 Å². The van der Waals surface area contributed by atoms with Crippen molar-refractivity contribution in [3.8, 4) is 0 Å². The number of carbonyl (C=O) groups excluding carboxylic acids is 1. The van der Waals surface area contributed by atoms with Crippen LogP contribution < -0.4 is 5.32 Å². The maximum atomic E-state index is 14.4. The molecule has 1 aliphatic carbocycles. The minimum atomic E-state index is -7.39. The Morgan fingerprint density at radius 1 is 0.778 bits per heavy atom. The van der Waals surface area contributed by atoms with Gasteiger partial charge in [-0.3, -0.25) is 4.79 Å². The molecule has 0 spiro atoms. The van der Waals surface area contributed by atoms with E-state index in [0.717, 1.165) is 11.4 Å². The maximum Gasteiger partial charge on any atom is 0.384 e. The fourth-order valence-electron chi connectivity index (χ4n) is 2.16. The maximum absolute atomic E-state index is 14.4. The fraction of sp³-hybridized carbons (Fsp3) is 0.500. The highest BCUT2D eigenvalue weighted by molar-refractivity contribution is 6.30. The number of carbonyl (C=O) groups is 1. The second kappa shape index (κ2) is 5.58. The van der Waals surface area contributed by atoms with Gasteiger partial charge in [0, 0.05) is 6.20 Å². The van der Waals surface area contributed by atoms with E-state index < -0.39 is 47.0 Å². The lowest BCUT2D eigenvalue weighted by Crippen LogP contribution is -2.86. The molecule has 1 heterocycles. The molecular formula is C12H4ClF11N2O. The van der Waals surface area contributed by atoms with E-state index >= 15 is 0 Å². The lowest BCUT2D eigenvalue weighted by molar-refractivity contribution is -0.475. The lowest BCUT2D eigenvalue weighted by Gasteiger charge is -2.51. The van der Waals surface area contributed by atoms with E-state index in [9.17, 15) is 53.1 Å². The number of amides is 1. The third kappa shape index (κ3) is 2.27. The Balaban J connectivity index is 2.66. The summed E-state index contributed by atoms with van der Waals surface area (Å²) in [5.41, 5.74) is -6.77. The molecule has 1 aliphatic rings. The first-order valence-electron chi connectivity index (χ1n) is 6.40. The number of nitrogens with zero attached hydrogens (tertiary/aromatic N) is 1. The summed E-state index contributed by atoms with van der Waals surface area (Å²) in [7, 11) is 0. The van der Waals surface area contributed by atoms with Crippen molar-refractivity contribution < 1.29 is 53.1 Å². The molecule has 27 heavy (non-hydrogen) atoms. The minimum Gasteiger partial charge on any atom is -0.307 e. The second-order valence-corrected chi connectivity index (χ2v) is 5.78. The zero-order valence-corrected chi connectivity index (χ0v) is 12.9. The molecule has 0 bridgehead atoms. The summed E-state index contributed by atoms with van der Waals surface area (Å²) >= 11 is 5.35. The molecule has 0 aromatic carbocycles. The van der Waals surface area contributed by atoms with Gasteiger partial charge in [-0.25, -0.2) is 9.37 Å². The van der Waals surface area contributed by atoms with Crippen LogP contribution in [-0.2, 0) is 4.79 Å². The SMILES string of the molecule is O=C(Nc1ccc(Cl)cn1)C1(F)C(F)(F)C(F)(F)C(F)(F)C(F)(F)C1(F)F. The van der Waals surface area contributed by atoms with Gasteiger partial charge in [0.1, 0.15) is 5.82 Å². The summed E-state index contributed by atoms with van der Waals surface area (Å²) in [5.74, 6) is -41.1. The molecule has 15 heteroatoms. The van der Waals surface area contributed by atoms with Gasteiger partial charge in [0.05, 0.1) is 5.02 Å². The molecule has 0 unspecified atom stereocenters. The van der Waals surface area contributed by atoms with Crippen LogP contribution in [-0.4, -0.2) is 46.2 Å². The highest BCUT2D eigenvalue weighted by atomic mass is 35.5. The zero-order chi connectivity index (χ0) is 21.3. The van der Waals surface area contributed by atoms with Crippen molar-refractivity contribution in [1.82, 2.24) is 4.98 Å². The Hall–Kier alpha value is -1.86. The van der Waals surface area contributed by atoms with E-state index in [1.807, 2.05) is 0 Å². The quantitative estimate of drug-likeness (QED) is 0.690. The number of alkyl halides is 11. The van der Waals surface area contributed by atoms with Gasteiger partial charge in [0.25, 0.3) is 5.91 Å². The molecule has 0 aliphatic heterocycles. The Kier molecular flexibility index (Phi) is 4.43. The predicted octanol–water partition coefficient (Wildman–Crippen LogP) is 4.57. The van der Waals surface area contributed by atoms with Crippen LogP contribution in [0.4, 0.5) is 54.1 Å². The summed E-state index contributed by atoms with van der Waals surface area (Å²) in [4.78, 5) is 14.7. The first-order chi connectivity index (χ1) is 11.9. The Labute approximate surface area is 146 Å². The van der Waals surface area contributed by atoms with Crippen LogP contribution >= 0.6 is 11.6 Å². The van der Waals surface area contributed by atoms with Gasteiger partial charge in [0.2, 0.25) is 0 Å². The highest BCUT2D eigenvalue weighted by Gasteiger charge is 3.02. The number of hydrogen-bond donors (Lipinski definition) is 1. The first kappa shape index (κ1) is 21.4. The molecule has 1 fully saturated rings. The van der Waals surface area contributed by atoms with Crippen LogP contribution in [0.1, 0.15) is 0 Å². The zero-order valence-electron chi connectivity index (χ0n) is 12.1. The van der Waals surface area contributed by atoms with E-state index in [4.69, 9.17) is 11.6 Å². The molecule has 3 nitrogen and oxygen atoms in total. The lowest BCUT2D eigenvalue weighted by atomic mass is 9.71. The summed E-state index contributed by atoms with van der Waals surface area (Å²) in [6, 6.07) is 1.41. The van der Waals surface area contributed by atoms with Crippen molar-refractivity contribution in [2.45, 2.75) is 35.3 Å². The standard InChI is InChI=1S/C12H4ClF11N2O/c13-4-1-2-5(25-3-4)26-6(27)7(14)8(15,16)10(19,20)12(23,24)11(21,22)9(7,17)18/h1-3H,(H,25,26,27). The van der Waals surface area contributed by atoms with Crippen LogP contribution in [0.5, 0.6) is 0 Å². The van der Waals surface area contributed by atoms with Gasteiger partial charge in [0.15, 0.2) is 0 Å². The average molecular weight is 437 g/mol. The Morgan fingerprint density at radius 3 is 1.56 bits per heavy atom. The summed E-state index contributed by atoms with van der Waals surface area (Å²) < 4.78 is 148. The molecule has 1 saturated carbocycles. The van der Waals surface area contributed by atoms with Crippen LogP contribution in [0, 0.1) is 0 Å². The van der Waals surface area contributed by atoms with Gasteiger partial charge in [-0.2, -0.15) is 43.9 Å². The molecule has 0 atom stereocenters. The van der Waals surface area contributed by atoms with E-state index in [2.05, 4.69) is 4.98 Å². The van der Waals surface area contributed by atoms with Crippen LogP contribution in [0.15, 0.2) is 18.3 Å². The molecule has 0 saturated heterocycles. The molecule has 1 aromatic heterocycles. The smallest absolute Gasteiger partial charge is 0.307 e. The third-order valence-corrected chi connectivity index (χ3v) is 3.95. The molecule has 1 amide bonds. The molecule has 152 valence electrons. The first-order valence-corrected chi connectivity index (χ1v) is 6.78. The average Bonchev–Trinajstić information content (AvgIpc) is 2.54. The summed E-state index contributed by atoms with van der Waals surface area (Å²) in [5, 5.41) is 0.666. The number of aromatic nitrogens is 1. The predicted molar refractivity (Wildman–Crippen MR) is 66.5 cm³/mol. The van der Waals surface area contributed by atoms with Crippen molar-refractivity contribution in [3.63, 3.8) is 0 Å². The molecule has 0 radical (unpaired) electrons. The van der Waals surface area contributed by atoms with Gasteiger partial charge in [-0.05, 0) is 12.1 Å². The minimum absolute atomic E-state index is 0.172. The Morgan fingerprint density at radius 2 is 1.19 bits per heavy atom. The number of rotatable bonds is 2. The number of pyridine rings is 1. The number of anilines is 1. The monoisotopic (exact) mass is 436 g/mol. The van der Waals surface area contributed by atoms with Gasteiger partial charge in [-0.1, -0.05) is 11.6 Å². The van der Waals surface area contributed by atoms with E-state index in [1.165, 1.54) is 0 Å². The van der Waals surface area contributed by atoms with Crippen molar-refractivity contribution in [2.75, 3.05) is 5.32 Å². The fourth-order valence-corrected chi connectivity index (χ4v) is 2.27. The number of nitrogens with one attached hydrogen (secondary N) is 1. The van der Waals surface area contributed by atoms with Crippen molar-refractivity contribution in [3.05, 3.63) is 23.4 Å². The second-order valence-electron chi connectivity index (χ2n) is 5.35. The van der Waals surface area contributed by atoms with Crippen LogP contribution in [0.25, 0.3) is 0 Å². The van der Waals surface area contributed by atoms with Crippen LogP contribution in [0.2, 0.25) is 5.02 Å². The van der Waals surface area contributed by atoms with Gasteiger partial charge >= 0.3 is 35.3 Å². The summed E-state index contributed by atoms with van der Waals surface area (Å²) in [6.07, 6.45) is 0.649. The van der Waals surface area contributed by atoms with E-state index in [-0.39, 0.29) is 5.02 Å². The molecule has 2 rings (SSSR count). The topological polar surface area (TPSA) is 42.0 Å². The molecule has 1 aromatic rings. The van der Waals surface area contributed by atoms with Crippen molar-refractivity contribution in [1.29, 1.82) is 0 Å². The molecule has 1 N–H and O–H groups in total. The number of halogens is 12. The molecular weight excluding hydrogens is 433 g/mol. The van der Waals surface area contributed by atoms with Gasteiger partial charge in [-0.15, -0.1) is 0 Å². The highest BCUT2D eigenvalue weighted by Crippen LogP contribution is 2.69. The Bertz CT molecular complexity index is 735. The third-order valence-electron chi connectivity index (χ3n) is 3.72. The summed E-state index contributed by atoms with van der Waals surface area (Å²) in [6.45, 7) is 0. The van der Waals surface area contributed by atoms with Crippen LogP contribution in [0.3, 0.4) is 0 Å². The normalized spacial score (nSPS) is 26.2. The number of hydrogen-bond acceptors (Lipinski definition) is 2. The van der Waals surface area contributed by atoms with Crippen molar-refractivity contribution >= 4 is 23.3 Å². The van der Waals surface area contributed by atoms with E-state index in [0.29, 0.717) is 12.3 Å². The largest absolute Gasteiger partial charge is 0.384 e. The van der Waals surface area contributed by atoms with Crippen molar-refractivity contribution in [2.24, 2.45) is 0 Å².